The van der Waals surface area contributed by atoms with Gasteiger partial charge < -0.3 is 10.8 Å². The molecule has 0 spiro atoms. The minimum Gasteiger partial charge on any atom is -0.508 e. The van der Waals surface area contributed by atoms with E-state index in [2.05, 4.69) is 0 Å². The first-order valence-electron chi connectivity index (χ1n) is 3.92. The summed E-state index contributed by atoms with van der Waals surface area (Å²) in [5.74, 6) is 0.308. The lowest BCUT2D eigenvalue weighted by atomic mass is 10.1. The minimum atomic E-state index is 0.308. The average Bonchev–Trinajstić information content (AvgIpc) is 2.07. The second-order valence-corrected chi connectivity index (χ2v) is 2.66. The third-order valence-electron chi connectivity index (χ3n) is 1.68. The van der Waals surface area contributed by atoms with Crippen molar-refractivity contribution in [1.82, 2.24) is 0 Å². The van der Waals surface area contributed by atoms with Gasteiger partial charge in [0.15, 0.2) is 0 Å². The van der Waals surface area contributed by atoms with Crippen molar-refractivity contribution < 1.29 is 5.11 Å². The number of anilines is 1. The van der Waals surface area contributed by atoms with Crippen molar-refractivity contribution in [2.75, 3.05) is 5.73 Å². The van der Waals surface area contributed by atoms with Crippen LogP contribution >= 0.6 is 0 Å². The highest BCUT2D eigenvalue weighted by atomic mass is 16.3. The van der Waals surface area contributed by atoms with E-state index in [9.17, 15) is 5.11 Å². The minimum absolute atomic E-state index is 0.308. The summed E-state index contributed by atoms with van der Waals surface area (Å²) < 4.78 is 0. The first-order valence-corrected chi connectivity index (χ1v) is 3.92. The first kappa shape index (κ1) is 8.65. The van der Waals surface area contributed by atoms with Crippen LogP contribution in [-0.4, -0.2) is 5.11 Å². The molecule has 0 heterocycles. The molecular formula is C10H13NO. The molecule has 0 aliphatic rings. The van der Waals surface area contributed by atoms with Crippen molar-refractivity contribution in [2.45, 2.75) is 13.3 Å². The van der Waals surface area contributed by atoms with Gasteiger partial charge in [-0.15, -0.1) is 0 Å². The van der Waals surface area contributed by atoms with Crippen molar-refractivity contribution in [1.29, 1.82) is 0 Å². The number of rotatable bonds is 2. The summed E-state index contributed by atoms with van der Waals surface area (Å²) in [5.41, 5.74) is 7.12. The second kappa shape index (κ2) is 3.81. The summed E-state index contributed by atoms with van der Waals surface area (Å²) >= 11 is 0. The lowest BCUT2D eigenvalue weighted by Gasteiger charge is -2.01. The van der Waals surface area contributed by atoms with E-state index < -0.39 is 0 Å². The fraction of sp³-hybridized carbons (Fsp3) is 0.200. The lowest BCUT2D eigenvalue weighted by Crippen LogP contribution is -1.88. The summed E-state index contributed by atoms with van der Waals surface area (Å²) in [6.45, 7) is 1.95. The van der Waals surface area contributed by atoms with E-state index in [4.69, 9.17) is 5.73 Å². The number of phenolic OH excluding ortho intramolecular Hbond substituents is 1. The van der Waals surface area contributed by atoms with Gasteiger partial charge >= 0.3 is 0 Å². The van der Waals surface area contributed by atoms with E-state index >= 15 is 0 Å². The molecule has 0 amide bonds. The largest absolute Gasteiger partial charge is 0.508 e. The highest BCUT2D eigenvalue weighted by Gasteiger charge is 1.98. The standard InChI is InChI=1S/C10H13NO/c1-2-3-4-8-7-9(11)5-6-10(8)12/h2-3,5-7,12H,4,11H2,1H3/b3-2+. The number of benzene rings is 1. The van der Waals surface area contributed by atoms with Crippen LogP contribution in [0.2, 0.25) is 0 Å². The third-order valence-corrected chi connectivity index (χ3v) is 1.68. The molecule has 64 valence electrons. The van der Waals surface area contributed by atoms with E-state index in [-0.39, 0.29) is 0 Å². The van der Waals surface area contributed by atoms with Gasteiger partial charge in [0, 0.05) is 5.69 Å². The summed E-state index contributed by atoms with van der Waals surface area (Å²) in [7, 11) is 0. The van der Waals surface area contributed by atoms with Gasteiger partial charge in [0.2, 0.25) is 0 Å². The number of aromatic hydroxyl groups is 1. The van der Waals surface area contributed by atoms with E-state index in [1.807, 2.05) is 19.1 Å². The SMILES string of the molecule is C/C=C/Cc1cc(N)ccc1O. The number of nitrogens with two attached hydrogens (primary N) is 1. The van der Waals surface area contributed by atoms with E-state index in [0.717, 1.165) is 12.0 Å². The van der Waals surface area contributed by atoms with Crippen LogP contribution in [0, 0.1) is 0 Å². The quantitative estimate of drug-likeness (QED) is 0.398. The summed E-state index contributed by atoms with van der Waals surface area (Å²) in [4.78, 5) is 0. The molecule has 0 radical (unpaired) electrons. The van der Waals surface area contributed by atoms with Crippen molar-refractivity contribution >= 4 is 5.69 Å². The molecule has 0 saturated heterocycles. The van der Waals surface area contributed by atoms with Gasteiger partial charge in [0.05, 0.1) is 0 Å². The van der Waals surface area contributed by atoms with Crippen molar-refractivity contribution in [2.24, 2.45) is 0 Å². The molecule has 12 heavy (non-hydrogen) atoms. The van der Waals surface area contributed by atoms with Gasteiger partial charge in [-0.2, -0.15) is 0 Å². The molecule has 0 bridgehead atoms. The number of hydrogen-bond donors (Lipinski definition) is 2. The van der Waals surface area contributed by atoms with E-state index in [1.54, 1.807) is 18.2 Å². The third kappa shape index (κ3) is 2.02. The molecule has 0 saturated carbocycles. The molecule has 1 aromatic rings. The summed E-state index contributed by atoms with van der Waals surface area (Å²) in [5, 5.41) is 9.37. The molecule has 0 aromatic heterocycles. The van der Waals surface area contributed by atoms with Crippen molar-refractivity contribution in [3.63, 3.8) is 0 Å². The Labute approximate surface area is 72.3 Å². The van der Waals surface area contributed by atoms with Crippen LogP contribution in [0.5, 0.6) is 5.75 Å². The second-order valence-electron chi connectivity index (χ2n) is 2.66. The molecule has 3 N–H and O–H groups in total. The number of phenols is 1. The predicted molar refractivity (Wildman–Crippen MR) is 51.0 cm³/mol. The molecular weight excluding hydrogens is 150 g/mol. The van der Waals surface area contributed by atoms with Gasteiger partial charge in [0.25, 0.3) is 0 Å². The number of hydrogen-bond acceptors (Lipinski definition) is 2. The Morgan fingerprint density at radius 3 is 2.92 bits per heavy atom. The van der Waals surface area contributed by atoms with Crippen LogP contribution in [-0.2, 0) is 6.42 Å². The average molecular weight is 163 g/mol. The maximum absolute atomic E-state index is 9.37. The number of nitrogen functional groups attached to an aromatic ring is 1. The normalized spacial score (nSPS) is 10.8. The van der Waals surface area contributed by atoms with Crippen LogP contribution in [0.3, 0.4) is 0 Å². The topological polar surface area (TPSA) is 46.2 Å². The molecule has 0 aliphatic carbocycles. The maximum Gasteiger partial charge on any atom is 0.119 e. The molecule has 0 fully saturated rings. The summed E-state index contributed by atoms with van der Waals surface area (Å²) in [6, 6.07) is 5.10. The zero-order chi connectivity index (χ0) is 8.97. The van der Waals surface area contributed by atoms with Crippen LogP contribution < -0.4 is 5.73 Å². The fourth-order valence-electron chi connectivity index (χ4n) is 1.01. The van der Waals surface area contributed by atoms with Crippen LogP contribution in [0.15, 0.2) is 30.4 Å². The highest BCUT2D eigenvalue weighted by Crippen LogP contribution is 2.20. The smallest absolute Gasteiger partial charge is 0.119 e. The highest BCUT2D eigenvalue weighted by molar-refractivity contribution is 5.47. The monoisotopic (exact) mass is 163 g/mol. The molecule has 1 aromatic carbocycles. The van der Waals surface area contributed by atoms with Crippen molar-refractivity contribution in [3.05, 3.63) is 35.9 Å². The first-order chi connectivity index (χ1) is 5.74. The Kier molecular flexibility index (Phi) is 2.75. The Morgan fingerprint density at radius 1 is 1.50 bits per heavy atom. The Balaban J connectivity index is 2.89. The van der Waals surface area contributed by atoms with Gasteiger partial charge in [0.1, 0.15) is 5.75 Å². The van der Waals surface area contributed by atoms with Crippen LogP contribution in [0.25, 0.3) is 0 Å². The molecule has 0 aliphatic heterocycles. The van der Waals surface area contributed by atoms with Gasteiger partial charge in [-0.3, -0.25) is 0 Å². The Bertz CT molecular complexity index is 292. The lowest BCUT2D eigenvalue weighted by molar-refractivity contribution is 0.470. The fourth-order valence-corrected chi connectivity index (χ4v) is 1.01. The van der Waals surface area contributed by atoms with Crippen molar-refractivity contribution in [3.8, 4) is 5.75 Å². The van der Waals surface area contributed by atoms with Crippen LogP contribution in [0.1, 0.15) is 12.5 Å². The Morgan fingerprint density at radius 2 is 2.25 bits per heavy atom. The van der Waals surface area contributed by atoms with Crippen LogP contribution in [0.4, 0.5) is 5.69 Å². The maximum atomic E-state index is 9.37. The number of allylic oxidation sites excluding steroid dienone is 2. The van der Waals surface area contributed by atoms with E-state index in [1.165, 1.54) is 0 Å². The van der Waals surface area contributed by atoms with Gasteiger partial charge in [-0.05, 0) is 37.1 Å². The van der Waals surface area contributed by atoms with Gasteiger partial charge in [-0.1, -0.05) is 12.2 Å². The molecule has 0 atom stereocenters. The Hall–Kier alpha value is -1.44. The zero-order valence-corrected chi connectivity index (χ0v) is 7.12. The molecule has 0 unspecified atom stereocenters. The van der Waals surface area contributed by atoms with Gasteiger partial charge in [-0.25, -0.2) is 0 Å². The summed E-state index contributed by atoms with van der Waals surface area (Å²) in [6.07, 6.45) is 4.66. The van der Waals surface area contributed by atoms with E-state index in [0.29, 0.717) is 11.4 Å². The molecule has 2 nitrogen and oxygen atoms in total. The zero-order valence-electron chi connectivity index (χ0n) is 7.12. The molecule has 1 rings (SSSR count). The predicted octanol–water partition coefficient (Wildman–Crippen LogP) is 2.09. The molecule has 2 heteroatoms.